The first-order valence-electron chi connectivity index (χ1n) is 8.56. The van der Waals surface area contributed by atoms with E-state index in [1.807, 2.05) is 0 Å². The molecular formula is C18H24F2N2O2. The molecule has 0 aromatic heterocycles. The van der Waals surface area contributed by atoms with E-state index in [1.165, 1.54) is 12.1 Å². The monoisotopic (exact) mass is 338 g/mol. The Balaban J connectivity index is 1.60. The van der Waals surface area contributed by atoms with Crippen LogP contribution >= 0.6 is 0 Å². The maximum absolute atomic E-state index is 13.3. The van der Waals surface area contributed by atoms with Crippen LogP contribution in [0.15, 0.2) is 18.2 Å². The lowest BCUT2D eigenvalue weighted by molar-refractivity contribution is -0.128. The lowest BCUT2D eigenvalue weighted by Crippen LogP contribution is -2.42. The summed E-state index contributed by atoms with van der Waals surface area (Å²) in [6.45, 7) is 3.91. The Bertz CT molecular complexity index is 580. The van der Waals surface area contributed by atoms with E-state index in [0.29, 0.717) is 18.5 Å². The van der Waals surface area contributed by atoms with Gasteiger partial charge in [-0.1, -0.05) is 0 Å². The normalized spacial score (nSPS) is 21.0. The number of amides is 1. The standard InChI is InChI=1S/C18H24F2N2O2/c19-15-8-14(9-16(20)10-15)12-22-13-18(11-17(22)24)2-5-21(6-3-18)4-1-7-23/h8-10,23H,1-7,11-13H2. The summed E-state index contributed by atoms with van der Waals surface area (Å²) in [7, 11) is 0. The average Bonchev–Trinajstić information content (AvgIpc) is 2.81. The predicted octanol–water partition coefficient (Wildman–Crippen LogP) is 2.16. The van der Waals surface area contributed by atoms with Gasteiger partial charge in [-0.05, 0) is 55.5 Å². The highest BCUT2D eigenvalue weighted by molar-refractivity contribution is 5.79. The van der Waals surface area contributed by atoms with E-state index >= 15 is 0 Å². The predicted molar refractivity (Wildman–Crippen MR) is 86.2 cm³/mol. The molecule has 0 aliphatic carbocycles. The number of halogens is 2. The third kappa shape index (κ3) is 3.92. The molecule has 0 unspecified atom stereocenters. The molecule has 0 bridgehead atoms. The van der Waals surface area contributed by atoms with E-state index in [1.54, 1.807) is 4.90 Å². The van der Waals surface area contributed by atoms with Crippen molar-refractivity contribution in [2.75, 3.05) is 32.8 Å². The van der Waals surface area contributed by atoms with Crippen molar-refractivity contribution in [3.63, 3.8) is 0 Å². The van der Waals surface area contributed by atoms with Crippen LogP contribution in [0, 0.1) is 17.0 Å². The fraction of sp³-hybridized carbons (Fsp3) is 0.611. The SMILES string of the molecule is O=C1CC2(CCN(CCCO)CC2)CN1Cc1cc(F)cc(F)c1. The minimum Gasteiger partial charge on any atom is -0.396 e. The largest absolute Gasteiger partial charge is 0.396 e. The Morgan fingerprint density at radius 1 is 1.12 bits per heavy atom. The lowest BCUT2D eigenvalue weighted by Gasteiger charge is -2.38. The van der Waals surface area contributed by atoms with Crippen LogP contribution in [-0.2, 0) is 11.3 Å². The van der Waals surface area contributed by atoms with Crippen LogP contribution < -0.4 is 0 Å². The molecule has 2 aliphatic rings. The van der Waals surface area contributed by atoms with Crippen molar-refractivity contribution in [3.05, 3.63) is 35.4 Å². The van der Waals surface area contributed by atoms with Crippen molar-refractivity contribution in [3.8, 4) is 0 Å². The van der Waals surface area contributed by atoms with Crippen molar-refractivity contribution >= 4 is 5.91 Å². The van der Waals surface area contributed by atoms with Gasteiger partial charge in [0, 0.05) is 38.7 Å². The molecule has 1 aromatic rings. The Kier molecular flexibility index (Phi) is 5.15. The number of nitrogens with zero attached hydrogens (tertiary/aromatic N) is 2. The van der Waals surface area contributed by atoms with Crippen molar-refractivity contribution in [1.29, 1.82) is 0 Å². The maximum Gasteiger partial charge on any atom is 0.223 e. The van der Waals surface area contributed by atoms with Gasteiger partial charge in [-0.25, -0.2) is 8.78 Å². The summed E-state index contributed by atoms with van der Waals surface area (Å²) in [6.07, 6.45) is 3.22. The van der Waals surface area contributed by atoms with Gasteiger partial charge >= 0.3 is 0 Å². The Morgan fingerprint density at radius 2 is 1.79 bits per heavy atom. The number of aliphatic hydroxyl groups excluding tert-OH is 1. The van der Waals surface area contributed by atoms with Crippen LogP contribution in [0.1, 0.15) is 31.2 Å². The molecule has 2 aliphatic heterocycles. The van der Waals surface area contributed by atoms with Gasteiger partial charge in [0.25, 0.3) is 0 Å². The van der Waals surface area contributed by atoms with Crippen molar-refractivity contribution in [2.45, 2.75) is 32.2 Å². The smallest absolute Gasteiger partial charge is 0.223 e. The molecule has 4 nitrogen and oxygen atoms in total. The van der Waals surface area contributed by atoms with E-state index in [0.717, 1.165) is 45.0 Å². The zero-order chi connectivity index (χ0) is 17.2. The minimum atomic E-state index is -0.608. The van der Waals surface area contributed by atoms with E-state index in [9.17, 15) is 13.6 Å². The van der Waals surface area contributed by atoms with Crippen molar-refractivity contribution in [1.82, 2.24) is 9.80 Å². The van der Waals surface area contributed by atoms with Gasteiger partial charge in [0.2, 0.25) is 5.91 Å². The molecule has 3 rings (SSSR count). The van der Waals surface area contributed by atoms with Crippen LogP contribution in [0.2, 0.25) is 0 Å². The number of likely N-dealkylation sites (tertiary alicyclic amines) is 2. The maximum atomic E-state index is 13.3. The summed E-state index contributed by atoms with van der Waals surface area (Å²) in [4.78, 5) is 16.4. The van der Waals surface area contributed by atoms with E-state index in [4.69, 9.17) is 5.11 Å². The number of hydrogen-bond acceptors (Lipinski definition) is 3. The summed E-state index contributed by atoms with van der Waals surface area (Å²) < 4.78 is 26.7. The highest BCUT2D eigenvalue weighted by Crippen LogP contribution is 2.41. The average molecular weight is 338 g/mol. The molecule has 2 saturated heterocycles. The highest BCUT2D eigenvalue weighted by Gasteiger charge is 2.44. The summed E-state index contributed by atoms with van der Waals surface area (Å²) in [5.41, 5.74) is 0.497. The minimum absolute atomic E-state index is 0.00132. The molecule has 0 atom stereocenters. The molecule has 1 spiro atoms. The summed E-state index contributed by atoms with van der Waals surface area (Å²) in [5.74, 6) is -1.14. The Labute approximate surface area is 141 Å². The molecule has 6 heteroatoms. The molecule has 24 heavy (non-hydrogen) atoms. The molecule has 132 valence electrons. The third-order valence-corrected chi connectivity index (χ3v) is 5.25. The molecule has 0 radical (unpaired) electrons. The topological polar surface area (TPSA) is 43.8 Å². The van der Waals surface area contributed by atoms with Gasteiger partial charge in [0.15, 0.2) is 0 Å². The Morgan fingerprint density at radius 3 is 2.42 bits per heavy atom. The summed E-state index contributed by atoms with van der Waals surface area (Å²) >= 11 is 0. The summed E-state index contributed by atoms with van der Waals surface area (Å²) in [6, 6.07) is 3.43. The van der Waals surface area contributed by atoms with E-state index in [-0.39, 0.29) is 24.5 Å². The number of piperidine rings is 1. The second kappa shape index (κ2) is 7.15. The number of aliphatic hydroxyl groups is 1. The van der Waals surface area contributed by atoms with Gasteiger partial charge in [0.1, 0.15) is 11.6 Å². The molecule has 0 saturated carbocycles. The fourth-order valence-electron chi connectivity index (χ4n) is 3.93. The number of benzene rings is 1. The van der Waals surface area contributed by atoms with Crippen molar-refractivity contribution in [2.24, 2.45) is 5.41 Å². The van der Waals surface area contributed by atoms with Crippen LogP contribution in [-0.4, -0.2) is 53.6 Å². The Hall–Kier alpha value is -1.53. The van der Waals surface area contributed by atoms with Gasteiger partial charge in [-0.2, -0.15) is 0 Å². The fourth-order valence-corrected chi connectivity index (χ4v) is 3.93. The molecule has 2 heterocycles. The van der Waals surface area contributed by atoms with Crippen LogP contribution in [0.4, 0.5) is 8.78 Å². The van der Waals surface area contributed by atoms with Gasteiger partial charge in [0.05, 0.1) is 0 Å². The number of carbonyl (C=O) groups excluding carboxylic acids is 1. The third-order valence-electron chi connectivity index (χ3n) is 5.25. The second-order valence-corrected chi connectivity index (χ2v) is 7.12. The quantitative estimate of drug-likeness (QED) is 0.895. The van der Waals surface area contributed by atoms with E-state index in [2.05, 4.69) is 4.90 Å². The molecular weight excluding hydrogens is 314 g/mol. The second-order valence-electron chi connectivity index (χ2n) is 7.12. The van der Waals surface area contributed by atoms with Gasteiger partial charge in [-0.3, -0.25) is 4.79 Å². The number of hydrogen-bond donors (Lipinski definition) is 1. The van der Waals surface area contributed by atoms with Gasteiger partial charge < -0.3 is 14.9 Å². The van der Waals surface area contributed by atoms with Crippen molar-refractivity contribution < 1.29 is 18.7 Å². The van der Waals surface area contributed by atoms with Crippen LogP contribution in [0.5, 0.6) is 0 Å². The molecule has 1 amide bonds. The first kappa shape index (κ1) is 17.3. The van der Waals surface area contributed by atoms with Gasteiger partial charge in [-0.15, -0.1) is 0 Å². The highest BCUT2D eigenvalue weighted by atomic mass is 19.1. The number of carbonyl (C=O) groups is 1. The van der Waals surface area contributed by atoms with E-state index < -0.39 is 11.6 Å². The summed E-state index contributed by atoms with van der Waals surface area (Å²) in [5, 5.41) is 8.92. The zero-order valence-electron chi connectivity index (χ0n) is 13.8. The number of rotatable bonds is 5. The molecule has 1 aromatic carbocycles. The first-order valence-corrected chi connectivity index (χ1v) is 8.56. The first-order chi connectivity index (χ1) is 11.5. The van der Waals surface area contributed by atoms with Crippen LogP contribution in [0.25, 0.3) is 0 Å². The zero-order valence-corrected chi connectivity index (χ0v) is 13.8. The lowest BCUT2D eigenvalue weighted by atomic mass is 9.77. The molecule has 1 N–H and O–H groups in total. The van der Waals surface area contributed by atoms with Crippen LogP contribution in [0.3, 0.4) is 0 Å². The molecule has 2 fully saturated rings.